The number of halogens is 2. The number of carbonyl (C=O) groups is 1. The Morgan fingerprint density at radius 2 is 1.82 bits per heavy atom. The molecule has 3 rings (SSSR count). The number of amides is 1. The van der Waals surface area contributed by atoms with Crippen LogP contribution in [0.1, 0.15) is 30.4 Å². The molecule has 1 unspecified atom stereocenters. The van der Waals surface area contributed by atoms with Gasteiger partial charge in [-0.25, -0.2) is 4.39 Å². The first-order valence-corrected chi connectivity index (χ1v) is 9.92. The maximum absolute atomic E-state index is 13.1. The van der Waals surface area contributed by atoms with E-state index < -0.39 is 0 Å². The monoisotopic (exact) mass is 404 g/mol. The topological polar surface area (TPSA) is 32.8 Å². The van der Waals surface area contributed by atoms with Gasteiger partial charge >= 0.3 is 0 Å². The standard InChI is InChI=1S/C22H26ClFN2O2/c1-16(17-3-6-20(24)7-4-17)13-22(27)26-11-9-25(10-12-26)15-18-14-19(23)5-8-21(18)28-2/h3-8,14,16H,9-13,15H2,1-2H3. The summed E-state index contributed by atoms with van der Waals surface area (Å²) in [6.45, 7) is 5.79. The van der Waals surface area contributed by atoms with E-state index in [0.29, 0.717) is 24.5 Å². The van der Waals surface area contributed by atoms with E-state index in [9.17, 15) is 9.18 Å². The molecule has 2 aromatic rings. The molecule has 1 aliphatic rings. The second-order valence-electron chi connectivity index (χ2n) is 7.27. The fourth-order valence-electron chi connectivity index (χ4n) is 3.57. The number of ether oxygens (including phenoxy) is 1. The highest BCUT2D eigenvalue weighted by atomic mass is 35.5. The van der Waals surface area contributed by atoms with Crippen LogP contribution in [0.15, 0.2) is 42.5 Å². The normalized spacial score (nSPS) is 16.1. The molecule has 1 atom stereocenters. The molecule has 0 spiro atoms. The highest BCUT2D eigenvalue weighted by molar-refractivity contribution is 6.30. The summed E-state index contributed by atoms with van der Waals surface area (Å²) in [6, 6.07) is 12.0. The third kappa shape index (κ3) is 5.24. The Bertz CT molecular complexity index is 805. The summed E-state index contributed by atoms with van der Waals surface area (Å²) < 4.78 is 18.5. The van der Waals surface area contributed by atoms with Gasteiger partial charge in [-0.05, 0) is 41.8 Å². The minimum Gasteiger partial charge on any atom is -0.496 e. The Balaban J connectivity index is 1.51. The third-order valence-corrected chi connectivity index (χ3v) is 5.52. The number of benzene rings is 2. The second kappa shape index (κ2) is 9.39. The smallest absolute Gasteiger partial charge is 0.223 e. The molecule has 0 radical (unpaired) electrons. The number of piperazine rings is 1. The maximum atomic E-state index is 13.1. The molecule has 1 amide bonds. The number of nitrogens with zero attached hydrogens (tertiary/aromatic N) is 2. The summed E-state index contributed by atoms with van der Waals surface area (Å²) in [5.41, 5.74) is 2.04. The number of hydrogen-bond donors (Lipinski definition) is 0. The van der Waals surface area contributed by atoms with Crippen LogP contribution in [0.2, 0.25) is 5.02 Å². The molecule has 150 valence electrons. The van der Waals surface area contributed by atoms with Gasteiger partial charge in [-0.3, -0.25) is 9.69 Å². The Kier molecular flexibility index (Phi) is 6.92. The first-order chi connectivity index (χ1) is 13.5. The second-order valence-corrected chi connectivity index (χ2v) is 7.71. The lowest BCUT2D eigenvalue weighted by atomic mass is 9.97. The van der Waals surface area contributed by atoms with Crippen LogP contribution >= 0.6 is 11.6 Å². The van der Waals surface area contributed by atoms with Gasteiger partial charge in [-0.1, -0.05) is 30.7 Å². The number of rotatable bonds is 6. The van der Waals surface area contributed by atoms with E-state index in [4.69, 9.17) is 16.3 Å². The van der Waals surface area contributed by atoms with Crippen molar-refractivity contribution in [3.8, 4) is 5.75 Å². The summed E-state index contributed by atoms with van der Waals surface area (Å²) in [5, 5.41) is 0.694. The lowest BCUT2D eigenvalue weighted by Gasteiger charge is -2.35. The fourth-order valence-corrected chi connectivity index (χ4v) is 3.76. The average Bonchev–Trinajstić information content (AvgIpc) is 2.69. The largest absolute Gasteiger partial charge is 0.496 e. The van der Waals surface area contributed by atoms with Crippen molar-refractivity contribution in [1.29, 1.82) is 0 Å². The highest BCUT2D eigenvalue weighted by Gasteiger charge is 2.23. The van der Waals surface area contributed by atoms with Crippen LogP contribution in [-0.2, 0) is 11.3 Å². The van der Waals surface area contributed by atoms with E-state index in [-0.39, 0.29) is 17.6 Å². The van der Waals surface area contributed by atoms with Crippen molar-refractivity contribution in [3.63, 3.8) is 0 Å². The Labute approximate surface area is 170 Å². The molecule has 0 aliphatic carbocycles. The minimum atomic E-state index is -0.255. The first kappa shape index (κ1) is 20.6. The lowest BCUT2D eigenvalue weighted by molar-refractivity contribution is -0.133. The van der Waals surface area contributed by atoms with E-state index in [2.05, 4.69) is 4.90 Å². The number of methoxy groups -OCH3 is 1. The molecular weight excluding hydrogens is 379 g/mol. The van der Waals surface area contributed by atoms with Crippen molar-refractivity contribution < 1.29 is 13.9 Å². The van der Waals surface area contributed by atoms with Crippen molar-refractivity contribution in [1.82, 2.24) is 9.80 Å². The van der Waals surface area contributed by atoms with Gasteiger partial charge in [-0.15, -0.1) is 0 Å². The highest BCUT2D eigenvalue weighted by Crippen LogP contribution is 2.25. The SMILES string of the molecule is COc1ccc(Cl)cc1CN1CCN(C(=O)CC(C)c2ccc(F)cc2)CC1. The Hall–Kier alpha value is -2.11. The van der Waals surface area contributed by atoms with E-state index in [0.717, 1.165) is 36.5 Å². The zero-order valence-corrected chi connectivity index (χ0v) is 17.1. The lowest BCUT2D eigenvalue weighted by Crippen LogP contribution is -2.48. The van der Waals surface area contributed by atoms with E-state index in [1.807, 2.05) is 30.0 Å². The molecule has 0 saturated carbocycles. The summed E-state index contributed by atoms with van der Waals surface area (Å²) >= 11 is 6.12. The number of carbonyl (C=O) groups excluding carboxylic acids is 1. The van der Waals surface area contributed by atoms with Gasteiger partial charge in [0.05, 0.1) is 7.11 Å². The Morgan fingerprint density at radius 3 is 2.46 bits per heavy atom. The van der Waals surface area contributed by atoms with Gasteiger partial charge in [0.2, 0.25) is 5.91 Å². The number of hydrogen-bond acceptors (Lipinski definition) is 3. The zero-order valence-electron chi connectivity index (χ0n) is 16.3. The first-order valence-electron chi connectivity index (χ1n) is 9.54. The van der Waals surface area contributed by atoms with Crippen LogP contribution in [0, 0.1) is 5.82 Å². The van der Waals surface area contributed by atoms with Crippen LogP contribution in [0.4, 0.5) is 4.39 Å². The predicted octanol–water partition coefficient (Wildman–Crippen LogP) is 4.33. The zero-order chi connectivity index (χ0) is 20.1. The van der Waals surface area contributed by atoms with Crippen LogP contribution < -0.4 is 4.74 Å². The molecule has 1 aliphatic heterocycles. The van der Waals surface area contributed by atoms with E-state index in [1.54, 1.807) is 19.2 Å². The molecule has 4 nitrogen and oxygen atoms in total. The molecule has 1 fully saturated rings. The minimum absolute atomic E-state index is 0.0712. The van der Waals surface area contributed by atoms with Crippen LogP contribution in [0.5, 0.6) is 5.75 Å². The van der Waals surface area contributed by atoms with Crippen molar-refractivity contribution in [2.24, 2.45) is 0 Å². The van der Waals surface area contributed by atoms with Gasteiger partial charge in [0.1, 0.15) is 11.6 Å². The molecule has 1 saturated heterocycles. The summed E-state index contributed by atoms with van der Waals surface area (Å²) in [4.78, 5) is 16.9. The van der Waals surface area contributed by atoms with Crippen molar-refractivity contribution in [3.05, 3.63) is 64.4 Å². The van der Waals surface area contributed by atoms with Crippen LogP contribution in [-0.4, -0.2) is 49.0 Å². The van der Waals surface area contributed by atoms with E-state index >= 15 is 0 Å². The third-order valence-electron chi connectivity index (χ3n) is 5.28. The predicted molar refractivity (Wildman–Crippen MR) is 109 cm³/mol. The van der Waals surface area contributed by atoms with Gasteiger partial charge in [0, 0.05) is 49.7 Å². The molecule has 0 bridgehead atoms. The quantitative estimate of drug-likeness (QED) is 0.718. The van der Waals surface area contributed by atoms with Gasteiger partial charge in [0.15, 0.2) is 0 Å². The fraction of sp³-hybridized carbons (Fsp3) is 0.409. The summed E-state index contributed by atoms with van der Waals surface area (Å²) in [7, 11) is 1.66. The average molecular weight is 405 g/mol. The Morgan fingerprint density at radius 1 is 1.14 bits per heavy atom. The summed E-state index contributed by atoms with van der Waals surface area (Å²) in [5.74, 6) is 0.796. The molecule has 1 heterocycles. The maximum Gasteiger partial charge on any atom is 0.223 e. The molecular formula is C22H26ClFN2O2. The molecule has 0 N–H and O–H groups in total. The van der Waals surface area contributed by atoms with Gasteiger partial charge in [-0.2, -0.15) is 0 Å². The van der Waals surface area contributed by atoms with Gasteiger partial charge in [0.25, 0.3) is 0 Å². The van der Waals surface area contributed by atoms with Crippen molar-refractivity contribution in [2.75, 3.05) is 33.3 Å². The van der Waals surface area contributed by atoms with Crippen LogP contribution in [0.25, 0.3) is 0 Å². The van der Waals surface area contributed by atoms with E-state index in [1.165, 1.54) is 12.1 Å². The molecule has 0 aromatic heterocycles. The van der Waals surface area contributed by atoms with Crippen molar-refractivity contribution >= 4 is 17.5 Å². The van der Waals surface area contributed by atoms with Crippen LogP contribution in [0.3, 0.4) is 0 Å². The molecule has 2 aromatic carbocycles. The van der Waals surface area contributed by atoms with Gasteiger partial charge < -0.3 is 9.64 Å². The van der Waals surface area contributed by atoms with Crippen molar-refractivity contribution in [2.45, 2.75) is 25.8 Å². The molecule has 6 heteroatoms. The summed E-state index contributed by atoms with van der Waals surface area (Å²) in [6.07, 6.45) is 0.438. The molecule has 28 heavy (non-hydrogen) atoms.